The Hall–Kier alpha value is -8.09. The second-order valence-corrected chi connectivity index (χ2v) is 25.5. The zero-order valence-electron chi connectivity index (χ0n) is 56.4. The van der Waals surface area contributed by atoms with Gasteiger partial charge in [0.05, 0.1) is 57.9 Å². The molecule has 0 spiro atoms. The normalized spacial score (nSPS) is 16.7. The van der Waals surface area contributed by atoms with Crippen LogP contribution in [-0.2, 0) is 67.2 Å². The number of amides is 7. The highest BCUT2D eigenvalue weighted by Gasteiger charge is 2.39. The van der Waals surface area contributed by atoms with Crippen molar-refractivity contribution >= 4 is 70.0 Å². The van der Waals surface area contributed by atoms with Crippen molar-refractivity contribution in [3.05, 3.63) is 87.1 Å². The molecule has 1 aliphatic heterocycles. The van der Waals surface area contributed by atoms with Gasteiger partial charge in [-0.05, 0) is 105 Å². The summed E-state index contributed by atoms with van der Waals surface area (Å²) in [5.74, 6) is -2.24. The summed E-state index contributed by atoms with van der Waals surface area (Å²) in [6.45, 7) is 16.1. The number of imidazole rings is 1. The number of hydrogen-bond acceptors (Lipinski definition) is 21. The van der Waals surface area contributed by atoms with Gasteiger partial charge in [-0.25, -0.2) is 20.2 Å². The minimum atomic E-state index is -0.925. The quantitative estimate of drug-likeness (QED) is 0.0160. The van der Waals surface area contributed by atoms with E-state index in [1.165, 1.54) is 29.8 Å². The van der Waals surface area contributed by atoms with Gasteiger partial charge in [-0.2, -0.15) is 9.97 Å². The van der Waals surface area contributed by atoms with Crippen LogP contribution in [0.1, 0.15) is 162 Å². The Balaban J connectivity index is 0.752. The van der Waals surface area contributed by atoms with E-state index in [9.17, 15) is 38.7 Å². The second-order valence-electron chi connectivity index (χ2n) is 24.6. The molecular formula is C67H98N14O14S. The van der Waals surface area contributed by atoms with Crippen LogP contribution in [0.2, 0.25) is 0 Å². The molecular weight excluding hydrogens is 1260 g/mol. The number of aromatic hydroxyl groups is 1. The number of carbonyl (C=O) groups excluding carboxylic acids is 7. The fourth-order valence-electron chi connectivity index (χ4n) is 11.5. The van der Waals surface area contributed by atoms with Gasteiger partial charge in [-0.15, -0.1) is 11.3 Å². The number of phenolic OH excluding ortho intramolecular Hbond substituents is 1. The van der Waals surface area contributed by atoms with E-state index in [1.54, 1.807) is 11.4 Å². The van der Waals surface area contributed by atoms with Crippen molar-refractivity contribution in [2.45, 2.75) is 168 Å². The molecule has 28 nitrogen and oxygen atoms in total. The number of nitrogens with zero attached hydrogens (tertiary/aromatic N) is 6. The van der Waals surface area contributed by atoms with Gasteiger partial charge in [-0.1, -0.05) is 84.7 Å². The number of nitrogens with one attached hydrogen (secondary N) is 7. The number of hydrogen-bond donors (Lipinski definition) is 9. The molecule has 526 valence electrons. The molecule has 0 radical (unpaired) electrons. The van der Waals surface area contributed by atoms with Crippen LogP contribution in [0.4, 0.5) is 10.7 Å². The Bertz CT molecular complexity index is 3300. The van der Waals surface area contributed by atoms with Gasteiger partial charge < -0.3 is 70.4 Å². The molecule has 2 aromatic carbocycles. The summed E-state index contributed by atoms with van der Waals surface area (Å²) in [5, 5.41) is 24.6. The lowest BCUT2D eigenvalue weighted by Crippen LogP contribution is -2.58. The molecule has 1 fully saturated rings. The van der Waals surface area contributed by atoms with Crippen LogP contribution in [0.15, 0.2) is 54.2 Å². The number of hydrazine groups is 1. The van der Waals surface area contributed by atoms with Crippen molar-refractivity contribution in [2.24, 2.45) is 11.8 Å². The molecule has 10 N–H and O–H groups in total. The number of anilines is 1. The minimum Gasteiger partial charge on any atom is -0.508 e. The van der Waals surface area contributed by atoms with Crippen molar-refractivity contribution in [3.63, 3.8) is 0 Å². The Kier molecular flexibility index (Phi) is 30.7. The lowest BCUT2D eigenvalue weighted by Gasteiger charge is -2.40. The molecule has 0 bridgehead atoms. The Morgan fingerprint density at radius 2 is 1.55 bits per heavy atom. The van der Waals surface area contributed by atoms with Crippen LogP contribution in [0.5, 0.6) is 11.6 Å². The van der Waals surface area contributed by atoms with Gasteiger partial charge in [0.15, 0.2) is 5.65 Å². The van der Waals surface area contributed by atoms with Gasteiger partial charge in [0.25, 0.3) is 5.91 Å². The van der Waals surface area contributed by atoms with Gasteiger partial charge in [-0.3, -0.25) is 39.1 Å². The predicted molar refractivity (Wildman–Crippen MR) is 359 cm³/mol. The summed E-state index contributed by atoms with van der Waals surface area (Å²) in [6, 6.07) is 10.5. The summed E-state index contributed by atoms with van der Waals surface area (Å²) in [6.07, 6.45) is 6.64. The van der Waals surface area contributed by atoms with E-state index in [-0.39, 0.29) is 137 Å². The highest BCUT2D eigenvalue weighted by molar-refractivity contribution is 7.09. The van der Waals surface area contributed by atoms with Crippen LogP contribution in [-0.4, -0.2) is 185 Å². The molecule has 7 amide bonds. The first-order valence-electron chi connectivity index (χ1n) is 33.5. The molecule has 3 aromatic heterocycles. The molecule has 0 saturated carbocycles. The van der Waals surface area contributed by atoms with Gasteiger partial charge >= 0.3 is 6.09 Å². The zero-order chi connectivity index (χ0) is 68.9. The number of H-pyrrole nitrogens is 1. The number of ether oxygens (including phenoxy) is 6. The maximum atomic E-state index is 14.8. The van der Waals surface area contributed by atoms with E-state index in [4.69, 9.17) is 39.1 Å². The number of rotatable bonds is 39. The first kappa shape index (κ1) is 75.3. The number of likely N-dealkylation sites (tertiary alicyclic amines) is 1. The smallest absolute Gasteiger partial charge is 0.426 e. The number of aromatic amines is 1. The van der Waals surface area contributed by atoms with Gasteiger partial charge in [0.2, 0.25) is 41.4 Å². The molecule has 2 aliphatic rings. The van der Waals surface area contributed by atoms with Crippen LogP contribution in [0.3, 0.4) is 0 Å². The Morgan fingerprint density at radius 1 is 0.833 bits per heavy atom. The first-order chi connectivity index (χ1) is 46.3. The summed E-state index contributed by atoms with van der Waals surface area (Å²) in [5.41, 5.74) is 14.7. The second kappa shape index (κ2) is 39.2. The van der Waals surface area contributed by atoms with Crippen LogP contribution >= 0.6 is 11.3 Å². The number of carbonyl (C=O) groups is 7. The van der Waals surface area contributed by atoms with Crippen molar-refractivity contribution in [1.82, 2.24) is 66.8 Å². The van der Waals surface area contributed by atoms with Crippen LogP contribution in [0, 0.1) is 11.8 Å². The number of fused-ring (bicyclic) bond motifs is 2. The van der Waals surface area contributed by atoms with Gasteiger partial charge in [0, 0.05) is 63.0 Å². The summed E-state index contributed by atoms with van der Waals surface area (Å²) >= 11 is 1.30. The summed E-state index contributed by atoms with van der Waals surface area (Å²) in [4.78, 5) is 118. The Morgan fingerprint density at radius 3 is 2.26 bits per heavy atom. The van der Waals surface area contributed by atoms with Gasteiger partial charge in [0.1, 0.15) is 47.3 Å². The first-order valence-corrected chi connectivity index (χ1v) is 34.4. The third kappa shape index (κ3) is 23.3. The van der Waals surface area contributed by atoms with Crippen molar-refractivity contribution in [2.75, 3.05) is 85.3 Å². The monoisotopic (exact) mass is 1350 g/mol. The fourth-order valence-corrected chi connectivity index (χ4v) is 12.4. The van der Waals surface area contributed by atoms with E-state index in [0.29, 0.717) is 86.0 Å². The highest BCUT2D eigenvalue weighted by atomic mass is 32.1. The predicted octanol–water partition coefficient (Wildman–Crippen LogP) is 6.05. The third-order valence-corrected chi connectivity index (χ3v) is 17.9. The van der Waals surface area contributed by atoms with E-state index >= 15 is 0 Å². The van der Waals surface area contributed by atoms with E-state index in [1.807, 2.05) is 63.9 Å². The SMILES string of the molecule is CCCO[C@H](C[C@H](C(C)C)N(CCC)C(=O)[C@@H](NC(=O)[C@H]1CCCCN1C)[C@@H](C)CC)c1nc(C(=O)N[C@H]2Cc3ccc(O)cc3[C@H](C(=O)NNC(=O)OCCOCCOCCOCCNC(=O)CCCC(=O)NCc3ccc(COc4nc(N)nc5nc[nH]c45)cc3)C2)cs1. The summed E-state index contributed by atoms with van der Waals surface area (Å²) < 4.78 is 34.1. The number of benzene rings is 2. The minimum absolute atomic E-state index is 0.0125. The number of phenols is 1. The topological polar surface area (TPSA) is 367 Å². The summed E-state index contributed by atoms with van der Waals surface area (Å²) in [7, 11) is 1.96. The number of aromatic nitrogens is 5. The van der Waals surface area contributed by atoms with Crippen LogP contribution < -0.4 is 42.6 Å². The molecule has 29 heteroatoms. The Labute approximate surface area is 565 Å². The lowest BCUT2D eigenvalue weighted by molar-refractivity contribution is -0.143. The zero-order valence-corrected chi connectivity index (χ0v) is 57.2. The van der Waals surface area contributed by atoms with Crippen molar-refractivity contribution in [1.29, 1.82) is 0 Å². The fraction of sp³-hybridized carbons (Fsp3) is 0.597. The largest absolute Gasteiger partial charge is 0.508 e. The van der Waals surface area contributed by atoms with Crippen molar-refractivity contribution < 1.29 is 67.1 Å². The van der Waals surface area contributed by atoms with Crippen molar-refractivity contribution in [3.8, 4) is 11.6 Å². The molecule has 5 aromatic rings. The molecule has 1 saturated heterocycles. The lowest BCUT2D eigenvalue weighted by atomic mass is 9.79. The van der Waals surface area contributed by atoms with E-state index < -0.39 is 42.0 Å². The molecule has 7 rings (SSSR count). The van der Waals surface area contributed by atoms with Crippen LogP contribution in [0.25, 0.3) is 11.2 Å². The maximum Gasteiger partial charge on any atom is 0.426 e. The average molecular weight is 1360 g/mol. The number of piperidine rings is 1. The molecule has 96 heavy (non-hydrogen) atoms. The van der Waals surface area contributed by atoms with E-state index in [2.05, 4.69) is 70.8 Å². The average Bonchev–Trinajstić information content (AvgIpc) is 1.68. The standard InChI is InChI=1S/C67H98N14O14S/c1-8-24-81(65(88)57(43(6)10-3)75-62(87)52-14-11-12-25-80(52)7)53(42(4)5)37-54(93-26-9-2)64-74-51(40-96-64)61(86)73-47-34-46-21-22-48(82)36-49(46)50(35-47)60(85)78-79-67(89)94-33-32-92-31-30-91-29-28-90-27-23-69-55(83)15-13-16-56(84)70-38-44-17-19-45(20-18-44)39-95-63-58-59(72-41-71-58)76-66(68)77-63/h17-22,36,40-43,47,50,52-54,57,82H,8-16,23-35,37-39H2,1-7H3,(H,69,83)(H,70,84)(H,73,86)(H,75,87)(H,78,85)(H,79,89)(H3,68,71,72,76,77)/t43-,47-,50+,52+,53+,54+,57-/m0/s1. The number of thiazole rings is 1. The molecule has 1 aliphatic carbocycles. The third-order valence-electron chi connectivity index (χ3n) is 16.9. The maximum absolute atomic E-state index is 14.8. The number of nitrogen functional groups attached to an aromatic ring is 1. The molecule has 0 unspecified atom stereocenters. The van der Waals surface area contributed by atoms with E-state index in [0.717, 1.165) is 48.9 Å². The number of likely N-dealkylation sites (N-methyl/N-ethyl adjacent to an activating group) is 1. The molecule has 4 heterocycles. The highest BCUT2D eigenvalue weighted by Crippen LogP contribution is 2.36. The molecule has 7 atom stereocenters. The number of nitrogens with two attached hydrogens (primary N) is 1.